The van der Waals surface area contributed by atoms with Gasteiger partial charge in [-0.3, -0.25) is 14.5 Å². The minimum atomic E-state index is -0.352. The molecule has 0 bridgehead atoms. The number of nitrogens with two attached hydrogens (primary N) is 1. The number of benzene rings is 1. The van der Waals surface area contributed by atoms with Gasteiger partial charge in [0, 0.05) is 24.8 Å². The van der Waals surface area contributed by atoms with Gasteiger partial charge in [-0.1, -0.05) is 12.1 Å². The monoisotopic (exact) mass is 320 g/mol. The van der Waals surface area contributed by atoms with Gasteiger partial charge in [-0.05, 0) is 24.6 Å². The van der Waals surface area contributed by atoms with Crippen molar-refractivity contribution < 1.29 is 14.3 Å². The van der Waals surface area contributed by atoms with Crippen molar-refractivity contribution in [1.29, 1.82) is 0 Å². The minimum Gasteiger partial charge on any atom is -0.379 e. The van der Waals surface area contributed by atoms with E-state index >= 15 is 0 Å². The number of rotatable bonds is 6. The van der Waals surface area contributed by atoms with Crippen molar-refractivity contribution in [1.82, 2.24) is 10.2 Å². The zero-order chi connectivity index (χ0) is 16.7. The van der Waals surface area contributed by atoms with Crippen LogP contribution in [0.2, 0.25) is 0 Å². The molecule has 1 fully saturated rings. The molecule has 0 radical (unpaired) electrons. The van der Waals surface area contributed by atoms with Crippen LogP contribution in [-0.4, -0.2) is 56.1 Å². The molecule has 1 saturated heterocycles. The van der Waals surface area contributed by atoms with E-state index in [9.17, 15) is 9.59 Å². The topological polar surface area (TPSA) is 96.7 Å². The number of amides is 2. The zero-order valence-electron chi connectivity index (χ0n) is 13.4. The summed E-state index contributed by atoms with van der Waals surface area (Å²) in [4.78, 5) is 25.1. The number of morpholine rings is 1. The van der Waals surface area contributed by atoms with Gasteiger partial charge >= 0.3 is 0 Å². The lowest BCUT2D eigenvalue weighted by Gasteiger charge is -2.32. The smallest absolute Gasteiger partial charge is 0.243 e. The number of carbonyl (C=O) groups is 2. The molecule has 2 rings (SSSR count). The molecule has 1 atom stereocenters. The standard InChI is InChI=1S/C16H24N4O3/c1-12(20-6-8-23-9-7-20)13-2-4-14(5-3-13)19-16(22)11-18-15(21)10-17/h2-5,12H,6-11,17H2,1H3,(H,18,21)(H,19,22). The molecular formula is C16H24N4O3. The Morgan fingerprint density at radius 2 is 1.87 bits per heavy atom. The molecule has 7 heteroatoms. The van der Waals surface area contributed by atoms with E-state index in [0.717, 1.165) is 26.3 Å². The molecule has 1 aromatic rings. The summed E-state index contributed by atoms with van der Waals surface area (Å²) in [6.45, 7) is 5.37. The molecule has 23 heavy (non-hydrogen) atoms. The maximum Gasteiger partial charge on any atom is 0.243 e. The summed E-state index contributed by atoms with van der Waals surface area (Å²) in [6, 6.07) is 8.07. The van der Waals surface area contributed by atoms with E-state index in [1.165, 1.54) is 5.56 Å². The second-order valence-electron chi connectivity index (χ2n) is 5.48. The Morgan fingerprint density at radius 1 is 1.22 bits per heavy atom. The summed E-state index contributed by atoms with van der Waals surface area (Å²) in [5.41, 5.74) is 7.06. The summed E-state index contributed by atoms with van der Waals surface area (Å²) in [7, 11) is 0. The zero-order valence-corrected chi connectivity index (χ0v) is 13.4. The van der Waals surface area contributed by atoms with Crippen LogP contribution in [0.15, 0.2) is 24.3 Å². The van der Waals surface area contributed by atoms with Crippen LogP contribution in [0.5, 0.6) is 0 Å². The molecule has 0 aliphatic carbocycles. The Labute approximate surface area is 136 Å². The highest BCUT2D eigenvalue weighted by molar-refractivity contribution is 5.94. The van der Waals surface area contributed by atoms with E-state index in [2.05, 4.69) is 22.5 Å². The predicted octanol–water partition coefficient (Wildman–Crippen LogP) is 0.0932. The number of hydrogen-bond donors (Lipinski definition) is 3. The molecule has 1 aliphatic heterocycles. The Morgan fingerprint density at radius 3 is 2.48 bits per heavy atom. The van der Waals surface area contributed by atoms with E-state index in [4.69, 9.17) is 10.5 Å². The number of hydrogen-bond acceptors (Lipinski definition) is 5. The van der Waals surface area contributed by atoms with Gasteiger partial charge in [-0.2, -0.15) is 0 Å². The van der Waals surface area contributed by atoms with Crippen LogP contribution in [0.3, 0.4) is 0 Å². The molecule has 0 aromatic heterocycles. The molecule has 4 N–H and O–H groups in total. The Balaban J connectivity index is 1.86. The first kappa shape index (κ1) is 17.4. The SMILES string of the molecule is CC(c1ccc(NC(=O)CNC(=O)CN)cc1)N1CCOCC1. The van der Waals surface area contributed by atoms with Crippen molar-refractivity contribution in [3.8, 4) is 0 Å². The van der Waals surface area contributed by atoms with E-state index < -0.39 is 0 Å². The van der Waals surface area contributed by atoms with Crippen LogP contribution >= 0.6 is 0 Å². The van der Waals surface area contributed by atoms with Crippen LogP contribution in [0.25, 0.3) is 0 Å². The Kier molecular flexibility index (Phi) is 6.52. The van der Waals surface area contributed by atoms with Gasteiger partial charge in [0.25, 0.3) is 0 Å². The highest BCUT2D eigenvalue weighted by atomic mass is 16.5. The van der Waals surface area contributed by atoms with Gasteiger partial charge in [0.2, 0.25) is 11.8 Å². The number of carbonyl (C=O) groups excluding carboxylic acids is 2. The van der Waals surface area contributed by atoms with Crippen molar-refractivity contribution in [2.75, 3.05) is 44.7 Å². The highest BCUT2D eigenvalue weighted by Crippen LogP contribution is 2.22. The summed E-state index contributed by atoms with van der Waals surface area (Å²) < 4.78 is 5.37. The Hall–Kier alpha value is -1.96. The largest absolute Gasteiger partial charge is 0.379 e. The van der Waals surface area contributed by atoms with E-state index in [1.807, 2.05) is 24.3 Å². The van der Waals surface area contributed by atoms with Crippen LogP contribution in [0, 0.1) is 0 Å². The van der Waals surface area contributed by atoms with Gasteiger partial charge in [0.05, 0.1) is 26.3 Å². The van der Waals surface area contributed by atoms with Gasteiger partial charge in [-0.25, -0.2) is 0 Å². The van der Waals surface area contributed by atoms with Gasteiger partial charge < -0.3 is 21.1 Å². The number of nitrogens with zero attached hydrogens (tertiary/aromatic N) is 1. The van der Waals surface area contributed by atoms with Crippen molar-refractivity contribution in [2.45, 2.75) is 13.0 Å². The van der Waals surface area contributed by atoms with E-state index in [0.29, 0.717) is 11.7 Å². The lowest BCUT2D eigenvalue weighted by molar-refractivity contribution is -0.123. The lowest BCUT2D eigenvalue weighted by Crippen LogP contribution is -2.38. The van der Waals surface area contributed by atoms with E-state index in [-0.39, 0.29) is 24.9 Å². The number of anilines is 1. The Bertz CT molecular complexity index is 527. The fourth-order valence-corrected chi connectivity index (χ4v) is 2.48. The molecular weight excluding hydrogens is 296 g/mol. The van der Waals surface area contributed by atoms with Crippen LogP contribution in [-0.2, 0) is 14.3 Å². The third kappa shape index (κ3) is 5.31. The van der Waals surface area contributed by atoms with Gasteiger partial charge in [0.1, 0.15) is 0 Å². The summed E-state index contributed by atoms with van der Waals surface area (Å²) in [5, 5.41) is 5.17. The second kappa shape index (κ2) is 8.61. The lowest BCUT2D eigenvalue weighted by atomic mass is 10.1. The van der Waals surface area contributed by atoms with Crippen LogP contribution < -0.4 is 16.4 Å². The summed E-state index contributed by atoms with van der Waals surface area (Å²) in [6.07, 6.45) is 0. The normalized spacial score (nSPS) is 16.6. The third-order valence-electron chi connectivity index (χ3n) is 3.90. The van der Waals surface area contributed by atoms with Crippen molar-refractivity contribution in [3.05, 3.63) is 29.8 Å². The molecule has 7 nitrogen and oxygen atoms in total. The van der Waals surface area contributed by atoms with E-state index in [1.54, 1.807) is 0 Å². The molecule has 0 saturated carbocycles. The van der Waals surface area contributed by atoms with Gasteiger partial charge in [0.15, 0.2) is 0 Å². The molecule has 1 aromatic carbocycles. The first-order valence-electron chi connectivity index (χ1n) is 7.78. The van der Waals surface area contributed by atoms with Crippen molar-refractivity contribution in [3.63, 3.8) is 0 Å². The third-order valence-corrected chi connectivity index (χ3v) is 3.90. The van der Waals surface area contributed by atoms with Crippen molar-refractivity contribution >= 4 is 17.5 Å². The first-order valence-corrected chi connectivity index (χ1v) is 7.78. The van der Waals surface area contributed by atoms with Crippen molar-refractivity contribution in [2.24, 2.45) is 5.73 Å². The van der Waals surface area contributed by atoms with Crippen LogP contribution in [0.4, 0.5) is 5.69 Å². The minimum absolute atomic E-state index is 0.0814. The average Bonchev–Trinajstić information content (AvgIpc) is 2.60. The molecule has 1 aliphatic rings. The maximum absolute atomic E-state index is 11.7. The summed E-state index contributed by atoms with van der Waals surface area (Å²) in [5.74, 6) is -0.629. The molecule has 2 amide bonds. The molecule has 1 unspecified atom stereocenters. The second-order valence-corrected chi connectivity index (χ2v) is 5.48. The fraction of sp³-hybridized carbons (Fsp3) is 0.500. The first-order chi connectivity index (χ1) is 11.1. The number of nitrogens with one attached hydrogen (secondary N) is 2. The van der Waals surface area contributed by atoms with Gasteiger partial charge in [-0.15, -0.1) is 0 Å². The predicted molar refractivity (Wildman–Crippen MR) is 87.9 cm³/mol. The maximum atomic E-state index is 11.7. The molecule has 126 valence electrons. The average molecular weight is 320 g/mol. The fourth-order valence-electron chi connectivity index (χ4n) is 2.48. The number of ether oxygens (including phenoxy) is 1. The highest BCUT2D eigenvalue weighted by Gasteiger charge is 2.18. The molecule has 1 heterocycles. The molecule has 0 spiro atoms. The van der Waals surface area contributed by atoms with Crippen LogP contribution in [0.1, 0.15) is 18.5 Å². The quantitative estimate of drug-likeness (QED) is 0.690. The summed E-state index contributed by atoms with van der Waals surface area (Å²) >= 11 is 0.